The number of carbonyl (C=O) groups excluding carboxylic acids is 2. The molecule has 2 atom stereocenters. The SMILES string of the molecule is C/C(=C\C(=O)N1C[C@@H](C)[C@H](C(N)=O)C1)c1ccccc1C(F)(F)F. The Morgan fingerprint density at radius 3 is 2.42 bits per heavy atom. The lowest BCUT2D eigenvalue weighted by atomic mass is 9.98. The van der Waals surface area contributed by atoms with Crippen molar-refractivity contribution in [3.63, 3.8) is 0 Å². The maximum absolute atomic E-state index is 13.1. The molecule has 2 amide bonds. The monoisotopic (exact) mass is 340 g/mol. The number of amides is 2. The normalized spacial score (nSPS) is 21.9. The highest BCUT2D eigenvalue weighted by Crippen LogP contribution is 2.35. The van der Waals surface area contributed by atoms with Gasteiger partial charge < -0.3 is 10.6 Å². The van der Waals surface area contributed by atoms with E-state index < -0.39 is 29.5 Å². The summed E-state index contributed by atoms with van der Waals surface area (Å²) in [4.78, 5) is 25.1. The van der Waals surface area contributed by atoms with Gasteiger partial charge in [0.2, 0.25) is 11.8 Å². The predicted molar refractivity (Wildman–Crippen MR) is 83.5 cm³/mol. The molecule has 0 radical (unpaired) electrons. The van der Waals surface area contributed by atoms with E-state index in [2.05, 4.69) is 0 Å². The zero-order valence-corrected chi connectivity index (χ0v) is 13.4. The number of benzene rings is 1. The van der Waals surface area contributed by atoms with Crippen molar-refractivity contribution in [3.05, 3.63) is 41.5 Å². The van der Waals surface area contributed by atoms with Gasteiger partial charge in [-0.1, -0.05) is 25.1 Å². The van der Waals surface area contributed by atoms with Gasteiger partial charge >= 0.3 is 6.18 Å². The summed E-state index contributed by atoms with van der Waals surface area (Å²) in [6.45, 7) is 3.84. The fourth-order valence-corrected chi connectivity index (χ4v) is 2.95. The van der Waals surface area contributed by atoms with Crippen LogP contribution in [-0.4, -0.2) is 29.8 Å². The Hall–Kier alpha value is -2.31. The van der Waals surface area contributed by atoms with Crippen LogP contribution < -0.4 is 5.73 Å². The Morgan fingerprint density at radius 1 is 1.25 bits per heavy atom. The molecule has 1 aromatic rings. The van der Waals surface area contributed by atoms with Crippen molar-refractivity contribution in [2.45, 2.75) is 20.0 Å². The van der Waals surface area contributed by atoms with Crippen molar-refractivity contribution in [1.29, 1.82) is 0 Å². The number of rotatable bonds is 3. The summed E-state index contributed by atoms with van der Waals surface area (Å²) in [7, 11) is 0. The fraction of sp³-hybridized carbons (Fsp3) is 0.412. The minimum absolute atomic E-state index is 0.0305. The average Bonchev–Trinajstić information content (AvgIpc) is 2.88. The molecular formula is C17H19F3N2O2. The standard InChI is InChI=1S/C17H19F3N2O2/c1-10(12-5-3-4-6-14(12)17(18,19)20)7-15(23)22-8-11(2)13(9-22)16(21)24/h3-7,11,13H,8-9H2,1-2H3,(H2,21,24)/b10-7+/t11-,13-/m1/s1. The van der Waals surface area contributed by atoms with Gasteiger partial charge in [0.05, 0.1) is 11.5 Å². The molecule has 0 aliphatic carbocycles. The largest absolute Gasteiger partial charge is 0.416 e. The molecule has 1 aliphatic heterocycles. The maximum atomic E-state index is 13.1. The summed E-state index contributed by atoms with van der Waals surface area (Å²) in [6, 6.07) is 5.12. The number of halogens is 3. The second-order valence-corrected chi connectivity index (χ2v) is 6.10. The minimum Gasteiger partial charge on any atom is -0.369 e. The molecule has 1 saturated heterocycles. The second kappa shape index (κ2) is 6.67. The van der Waals surface area contributed by atoms with Gasteiger partial charge in [0, 0.05) is 19.2 Å². The molecule has 0 bridgehead atoms. The number of allylic oxidation sites excluding steroid dienone is 1. The Labute approximate surface area is 138 Å². The average molecular weight is 340 g/mol. The van der Waals surface area contributed by atoms with Crippen molar-refractivity contribution in [2.24, 2.45) is 17.6 Å². The third-order valence-electron chi connectivity index (χ3n) is 4.29. The third kappa shape index (κ3) is 3.77. The Bertz CT molecular complexity index is 683. The van der Waals surface area contributed by atoms with Crippen molar-refractivity contribution in [2.75, 3.05) is 13.1 Å². The predicted octanol–water partition coefficient (Wildman–Crippen LogP) is 2.69. The second-order valence-electron chi connectivity index (χ2n) is 6.10. The molecular weight excluding hydrogens is 321 g/mol. The Kier molecular flexibility index (Phi) is 5.01. The molecule has 0 aromatic heterocycles. The number of primary amides is 1. The third-order valence-corrected chi connectivity index (χ3v) is 4.29. The van der Waals surface area contributed by atoms with Gasteiger partial charge in [-0.25, -0.2) is 0 Å². The maximum Gasteiger partial charge on any atom is 0.416 e. The number of nitrogens with two attached hydrogens (primary N) is 1. The van der Waals surface area contributed by atoms with Crippen LogP contribution in [0.1, 0.15) is 25.0 Å². The molecule has 2 N–H and O–H groups in total. The highest BCUT2D eigenvalue weighted by molar-refractivity contribution is 5.96. The first-order valence-corrected chi connectivity index (χ1v) is 7.54. The topological polar surface area (TPSA) is 63.4 Å². The van der Waals surface area contributed by atoms with Crippen LogP contribution in [0.3, 0.4) is 0 Å². The molecule has 7 heteroatoms. The Balaban J connectivity index is 2.23. The number of likely N-dealkylation sites (tertiary alicyclic amines) is 1. The van der Waals surface area contributed by atoms with E-state index in [4.69, 9.17) is 5.73 Å². The van der Waals surface area contributed by atoms with E-state index in [1.807, 2.05) is 6.92 Å². The molecule has 1 fully saturated rings. The van der Waals surface area contributed by atoms with Gasteiger partial charge in [-0.3, -0.25) is 9.59 Å². The zero-order chi connectivity index (χ0) is 18.1. The lowest BCUT2D eigenvalue weighted by Gasteiger charge is -2.16. The van der Waals surface area contributed by atoms with Crippen LogP contribution in [0.25, 0.3) is 5.57 Å². The van der Waals surface area contributed by atoms with Gasteiger partial charge in [-0.05, 0) is 30.0 Å². The van der Waals surface area contributed by atoms with Crippen LogP contribution in [0.4, 0.5) is 13.2 Å². The molecule has 1 heterocycles. The first kappa shape index (κ1) is 18.0. The molecule has 130 valence electrons. The van der Waals surface area contributed by atoms with Crippen LogP contribution in [0.5, 0.6) is 0 Å². The molecule has 1 aliphatic rings. The van der Waals surface area contributed by atoms with Gasteiger partial charge in [-0.2, -0.15) is 13.2 Å². The van der Waals surface area contributed by atoms with Crippen molar-refractivity contribution in [3.8, 4) is 0 Å². The number of nitrogens with zero attached hydrogens (tertiary/aromatic N) is 1. The first-order valence-electron chi connectivity index (χ1n) is 7.54. The van der Waals surface area contributed by atoms with Crippen molar-refractivity contribution in [1.82, 2.24) is 4.90 Å². The highest BCUT2D eigenvalue weighted by atomic mass is 19.4. The molecule has 1 aromatic carbocycles. The molecule has 0 saturated carbocycles. The summed E-state index contributed by atoms with van der Waals surface area (Å²) >= 11 is 0. The van der Waals surface area contributed by atoms with Gasteiger partial charge in [-0.15, -0.1) is 0 Å². The summed E-state index contributed by atoms with van der Waals surface area (Å²) in [5.41, 5.74) is 4.71. The van der Waals surface area contributed by atoms with E-state index in [0.717, 1.165) is 6.07 Å². The number of hydrogen-bond donors (Lipinski definition) is 1. The van der Waals surface area contributed by atoms with Gasteiger partial charge in [0.25, 0.3) is 0 Å². The fourth-order valence-electron chi connectivity index (χ4n) is 2.95. The van der Waals surface area contributed by atoms with Crippen LogP contribution in [0.15, 0.2) is 30.3 Å². The van der Waals surface area contributed by atoms with Gasteiger partial charge in [0.15, 0.2) is 0 Å². The van der Waals surface area contributed by atoms with Crippen LogP contribution in [-0.2, 0) is 15.8 Å². The summed E-state index contributed by atoms with van der Waals surface area (Å²) in [5.74, 6) is -1.38. The van der Waals surface area contributed by atoms with Crippen molar-refractivity contribution >= 4 is 17.4 Å². The lowest BCUT2D eigenvalue weighted by molar-refractivity contribution is -0.137. The highest BCUT2D eigenvalue weighted by Gasteiger charge is 2.36. The van der Waals surface area contributed by atoms with Crippen LogP contribution in [0, 0.1) is 11.8 Å². The Morgan fingerprint density at radius 2 is 1.88 bits per heavy atom. The molecule has 0 unspecified atom stereocenters. The van der Waals surface area contributed by atoms with E-state index in [1.165, 1.54) is 36.1 Å². The van der Waals surface area contributed by atoms with Gasteiger partial charge in [0.1, 0.15) is 0 Å². The molecule has 0 spiro atoms. The quantitative estimate of drug-likeness (QED) is 0.860. The van der Waals surface area contributed by atoms with Crippen LogP contribution in [0.2, 0.25) is 0 Å². The van der Waals surface area contributed by atoms with E-state index in [0.29, 0.717) is 6.54 Å². The number of carbonyl (C=O) groups is 2. The summed E-state index contributed by atoms with van der Waals surface area (Å²) in [5, 5.41) is 0. The van der Waals surface area contributed by atoms with E-state index in [1.54, 1.807) is 0 Å². The van der Waals surface area contributed by atoms with E-state index in [-0.39, 0.29) is 23.6 Å². The first-order chi connectivity index (χ1) is 11.1. The van der Waals surface area contributed by atoms with Crippen molar-refractivity contribution < 1.29 is 22.8 Å². The van der Waals surface area contributed by atoms with Crippen LogP contribution >= 0.6 is 0 Å². The van der Waals surface area contributed by atoms with E-state index in [9.17, 15) is 22.8 Å². The lowest BCUT2D eigenvalue weighted by Crippen LogP contribution is -2.31. The number of hydrogen-bond acceptors (Lipinski definition) is 2. The zero-order valence-electron chi connectivity index (χ0n) is 13.4. The summed E-state index contributed by atoms with van der Waals surface area (Å²) < 4.78 is 39.2. The number of alkyl halides is 3. The van der Waals surface area contributed by atoms with E-state index >= 15 is 0 Å². The molecule has 2 rings (SSSR count). The molecule has 4 nitrogen and oxygen atoms in total. The molecule has 24 heavy (non-hydrogen) atoms. The summed E-state index contributed by atoms with van der Waals surface area (Å²) in [6.07, 6.45) is -3.31. The minimum atomic E-state index is -4.49. The smallest absolute Gasteiger partial charge is 0.369 e.